The van der Waals surface area contributed by atoms with E-state index < -0.39 is 51.4 Å². The standard InChI is InChI=1S/C40H47ClN4O8S/c1-4-5-6-7-8-9-10-11-12-18-25-52-37(47)29-23-24-30(41)32(26-29)43-36(46)34(45-38(48)40(2,3)53-39(45)49)35-42-31-21-16-17-22-33(31)54(50,51)44(35)27-28-19-14-13-15-20-28/h13-17,19-24,26,34H,4-12,18,25,27H2,1-3H3,(H,43,46). The third-order valence-corrected chi connectivity index (χ3v) is 11.4. The topological polar surface area (TPSA) is 152 Å². The summed E-state index contributed by atoms with van der Waals surface area (Å²) in [4.78, 5) is 59.6. The number of amidine groups is 1. The van der Waals surface area contributed by atoms with Gasteiger partial charge in [-0.15, -0.1) is 0 Å². The Morgan fingerprint density at radius 3 is 2.17 bits per heavy atom. The molecule has 54 heavy (non-hydrogen) atoms. The highest BCUT2D eigenvalue weighted by Crippen LogP contribution is 2.37. The number of esters is 1. The molecule has 5 rings (SSSR count). The Bertz CT molecular complexity index is 1990. The summed E-state index contributed by atoms with van der Waals surface area (Å²) in [6.07, 6.45) is 10.2. The number of halogens is 1. The maximum Gasteiger partial charge on any atom is 0.418 e. The van der Waals surface area contributed by atoms with Gasteiger partial charge in [0.05, 0.1) is 35.1 Å². The highest BCUT2D eigenvalue weighted by Gasteiger charge is 2.55. The molecule has 288 valence electrons. The molecule has 1 atom stereocenters. The average Bonchev–Trinajstić information content (AvgIpc) is 3.35. The molecule has 2 aliphatic heterocycles. The van der Waals surface area contributed by atoms with Gasteiger partial charge >= 0.3 is 12.1 Å². The normalized spacial score (nSPS) is 16.3. The lowest BCUT2D eigenvalue weighted by Gasteiger charge is -2.35. The molecule has 0 radical (unpaired) electrons. The molecule has 1 unspecified atom stereocenters. The minimum Gasteiger partial charge on any atom is -0.462 e. The molecule has 0 bridgehead atoms. The monoisotopic (exact) mass is 778 g/mol. The number of ether oxygens (including phenoxy) is 2. The zero-order valence-electron chi connectivity index (χ0n) is 30.9. The number of aliphatic imine (C=N–C) groups is 1. The zero-order chi connectivity index (χ0) is 38.9. The summed E-state index contributed by atoms with van der Waals surface area (Å²) in [5.41, 5.74) is -1.03. The number of imide groups is 1. The summed E-state index contributed by atoms with van der Waals surface area (Å²) in [5, 5.41) is 2.65. The molecule has 1 saturated heterocycles. The Balaban J connectivity index is 1.38. The van der Waals surface area contributed by atoms with Crippen molar-refractivity contribution in [2.45, 2.75) is 108 Å². The van der Waals surface area contributed by atoms with Gasteiger partial charge < -0.3 is 14.8 Å². The minimum absolute atomic E-state index is 0.0130. The number of nitrogens with zero attached hydrogens (tertiary/aromatic N) is 3. The number of carbonyl (C=O) groups is 4. The van der Waals surface area contributed by atoms with Gasteiger partial charge in [0.1, 0.15) is 4.90 Å². The van der Waals surface area contributed by atoms with E-state index in [4.69, 9.17) is 21.1 Å². The van der Waals surface area contributed by atoms with Gasteiger partial charge in [-0.1, -0.05) is 119 Å². The molecule has 0 aliphatic carbocycles. The predicted molar refractivity (Wildman–Crippen MR) is 206 cm³/mol. The maximum absolute atomic E-state index is 14.5. The van der Waals surface area contributed by atoms with Crippen molar-refractivity contribution >= 4 is 62.7 Å². The fraction of sp³-hybridized carbons (Fsp3) is 0.425. The third kappa shape index (κ3) is 9.48. The summed E-state index contributed by atoms with van der Waals surface area (Å²) >= 11 is 6.49. The number of unbranched alkanes of at least 4 members (excludes halogenated alkanes) is 9. The SMILES string of the molecule is CCCCCCCCCCCCOC(=O)c1ccc(Cl)c(NC(=O)C(C2=Nc3ccccc3S(=O)(=O)N2Cc2ccccc2)N2C(=O)OC(C)(C)C2=O)c1. The average molecular weight is 779 g/mol. The van der Waals surface area contributed by atoms with Crippen LogP contribution >= 0.6 is 11.6 Å². The van der Waals surface area contributed by atoms with Gasteiger partial charge in [-0.05, 0) is 56.2 Å². The Morgan fingerprint density at radius 2 is 1.52 bits per heavy atom. The summed E-state index contributed by atoms with van der Waals surface area (Å²) in [5.74, 6) is -2.95. The first kappa shape index (κ1) is 40.4. The van der Waals surface area contributed by atoms with Crippen molar-refractivity contribution in [3.63, 3.8) is 0 Å². The first-order chi connectivity index (χ1) is 25.8. The van der Waals surface area contributed by atoms with Crippen LogP contribution in [-0.4, -0.2) is 65.6 Å². The number of anilines is 1. The quantitative estimate of drug-likeness (QED) is 0.0999. The lowest BCUT2D eigenvalue weighted by molar-refractivity contribution is -0.137. The van der Waals surface area contributed by atoms with Crippen molar-refractivity contribution in [2.75, 3.05) is 11.9 Å². The molecule has 0 aromatic heterocycles. The molecule has 3 amide bonds. The Hall–Kier alpha value is -4.75. The minimum atomic E-state index is -4.38. The van der Waals surface area contributed by atoms with Crippen molar-refractivity contribution in [3.05, 3.63) is 88.9 Å². The van der Waals surface area contributed by atoms with E-state index in [1.165, 1.54) is 82.7 Å². The van der Waals surface area contributed by atoms with E-state index in [9.17, 15) is 27.6 Å². The van der Waals surface area contributed by atoms with E-state index in [1.807, 2.05) is 0 Å². The molecular formula is C40H47ClN4O8S. The summed E-state index contributed by atoms with van der Waals surface area (Å²) in [6.45, 7) is 4.88. The van der Waals surface area contributed by atoms with Crippen LogP contribution in [0.4, 0.5) is 16.2 Å². The number of carbonyl (C=O) groups excluding carboxylic acids is 4. The van der Waals surface area contributed by atoms with Gasteiger partial charge in [0.15, 0.2) is 17.5 Å². The third-order valence-electron chi connectivity index (χ3n) is 9.31. The second kappa shape index (κ2) is 18.1. The molecule has 14 heteroatoms. The molecule has 3 aromatic rings. The highest BCUT2D eigenvalue weighted by molar-refractivity contribution is 7.90. The first-order valence-corrected chi connectivity index (χ1v) is 20.3. The van der Waals surface area contributed by atoms with Crippen molar-refractivity contribution in [1.82, 2.24) is 9.21 Å². The number of hydrogen-bond donors (Lipinski definition) is 1. The second-order valence-corrected chi connectivity index (χ2v) is 16.1. The van der Waals surface area contributed by atoms with Gasteiger partial charge in [0.2, 0.25) is 0 Å². The van der Waals surface area contributed by atoms with Crippen LogP contribution in [0.25, 0.3) is 0 Å². The van der Waals surface area contributed by atoms with E-state index in [1.54, 1.807) is 42.5 Å². The molecule has 12 nitrogen and oxygen atoms in total. The Kier molecular flexibility index (Phi) is 13.5. The van der Waals surface area contributed by atoms with Crippen molar-refractivity contribution in [1.29, 1.82) is 0 Å². The zero-order valence-corrected chi connectivity index (χ0v) is 32.5. The van der Waals surface area contributed by atoms with Crippen molar-refractivity contribution in [2.24, 2.45) is 4.99 Å². The van der Waals surface area contributed by atoms with Gasteiger partial charge in [-0.3, -0.25) is 9.59 Å². The maximum atomic E-state index is 14.5. The Labute approximate surface area is 321 Å². The van der Waals surface area contributed by atoms with E-state index >= 15 is 0 Å². The molecule has 2 aliphatic rings. The van der Waals surface area contributed by atoms with E-state index in [0.717, 1.165) is 23.6 Å². The summed E-state index contributed by atoms with van der Waals surface area (Å²) < 4.78 is 40.2. The summed E-state index contributed by atoms with van der Waals surface area (Å²) in [6, 6.07) is 16.8. The molecule has 2 heterocycles. The van der Waals surface area contributed by atoms with Gasteiger partial charge in [0, 0.05) is 0 Å². The van der Waals surface area contributed by atoms with Crippen LogP contribution in [0.3, 0.4) is 0 Å². The number of rotatable bonds is 18. The number of amides is 3. The number of benzene rings is 3. The molecule has 3 aromatic carbocycles. The molecule has 1 N–H and O–H groups in total. The van der Waals surface area contributed by atoms with Crippen LogP contribution in [0.15, 0.2) is 82.7 Å². The fourth-order valence-corrected chi connectivity index (χ4v) is 8.08. The molecule has 1 fully saturated rings. The van der Waals surface area contributed by atoms with Crippen LogP contribution in [-0.2, 0) is 35.6 Å². The number of para-hydroxylation sites is 1. The number of fused-ring (bicyclic) bond motifs is 1. The van der Waals surface area contributed by atoms with Gasteiger partial charge in [-0.2, -0.15) is 0 Å². The lowest BCUT2D eigenvalue weighted by atomic mass is 10.1. The number of hydrogen-bond acceptors (Lipinski definition) is 9. The predicted octanol–water partition coefficient (Wildman–Crippen LogP) is 8.42. The van der Waals surface area contributed by atoms with Crippen LogP contribution in [0.5, 0.6) is 0 Å². The van der Waals surface area contributed by atoms with Gasteiger partial charge in [-0.25, -0.2) is 32.2 Å². The van der Waals surface area contributed by atoms with E-state index in [-0.39, 0.29) is 40.0 Å². The van der Waals surface area contributed by atoms with Crippen LogP contribution in [0.1, 0.15) is 101 Å². The van der Waals surface area contributed by atoms with Crippen LogP contribution in [0, 0.1) is 0 Å². The number of nitrogens with one attached hydrogen (secondary N) is 1. The molecule has 0 saturated carbocycles. The van der Waals surface area contributed by atoms with E-state index in [0.29, 0.717) is 16.9 Å². The van der Waals surface area contributed by atoms with Crippen molar-refractivity contribution in [3.8, 4) is 0 Å². The number of sulfonamides is 1. The molecule has 0 spiro atoms. The molecular weight excluding hydrogens is 732 g/mol. The first-order valence-electron chi connectivity index (χ1n) is 18.4. The summed E-state index contributed by atoms with van der Waals surface area (Å²) in [7, 11) is -4.38. The highest BCUT2D eigenvalue weighted by atomic mass is 35.5. The fourth-order valence-electron chi connectivity index (χ4n) is 6.35. The van der Waals surface area contributed by atoms with Crippen LogP contribution < -0.4 is 5.32 Å². The number of cyclic esters (lactones) is 1. The van der Waals surface area contributed by atoms with Crippen LogP contribution in [0.2, 0.25) is 5.02 Å². The Morgan fingerprint density at radius 1 is 0.889 bits per heavy atom. The smallest absolute Gasteiger partial charge is 0.418 e. The second-order valence-electron chi connectivity index (χ2n) is 13.9. The lowest BCUT2D eigenvalue weighted by Crippen LogP contribution is -2.58. The largest absolute Gasteiger partial charge is 0.462 e. The van der Waals surface area contributed by atoms with Gasteiger partial charge in [0.25, 0.3) is 21.8 Å². The van der Waals surface area contributed by atoms with E-state index in [2.05, 4.69) is 17.2 Å². The van der Waals surface area contributed by atoms with Crippen molar-refractivity contribution < 1.29 is 37.1 Å².